The molecule has 0 radical (unpaired) electrons. The summed E-state index contributed by atoms with van der Waals surface area (Å²) >= 11 is 0. The molecule has 0 bridgehead atoms. The standard InChI is InChI=1S/C17H27N/c1-5-11-18-16-12-15(17(16,4)6-2)14-10-8-7-9-13(14)3/h7-10,15-16,18H,5-6,11-12H2,1-4H3. The lowest BCUT2D eigenvalue weighted by Gasteiger charge is -2.55. The highest BCUT2D eigenvalue weighted by Crippen LogP contribution is 2.55. The van der Waals surface area contributed by atoms with Gasteiger partial charge in [0.05, 0.1) is 0 Å². The molecule has 1 N–H and O–H groups in total. The molecule has 100 valence electrons. The molecule has 1 aliphatic carbocycles. The van der Waals surface area contributed by atoms with Crippen molar-refractivity contribution in [2.24, 2.45) is 5.41 Å². The van der Waals surface area contributed by atoms with E-state index in [1.165, 1.54) is 24.8 Å². The molecule has 1 aromatic rings. The maximum absolute atomic E-state index is 3.73. The van der Waals surface area contributed by atoms with Gasteiger partial charge in [0.2, 0.25) is 0 Å². The van der Waals surface area contributed by atoms with Gasteiger partial charge in [-0.25, -0.2) is 0 Å². The first-order valence-corrected chi connectivity index (χ1v) is 7.42. The molecule has 1 fully saturated rings. The Hall–Kier alpha value is -0.820. The molecule has 1 aromatic carbocycles. The van der Waals surface area contributed by atoms with Crippen LogP contribution in [0.2, 0.25) is 0 Å². The molecule has 1 nitrogen and oxygen atoms in total. The summed E-state index contributed by atoms with van der Waals surface area (Å²) in [6, 6.07) is 9.60. The maximum atomic E-state index is 3.73. The van der Waals surface area contributed by atoms with Gasteiger partial charge in [0.15, 0.2) is 0 Å². The Morgan fingerprint density at radius 3 is 2.61 bits per heavy atom. The maximum Gasteiger partial charge on any atom is 0.0133 e. The lowest BCUT2D eigenvalue weighted by Crippen LogP contribution is -2.57. The van der Waals surface area contributed by atoms with E-state index in [1.807, 2.05) is 0 Å². The molecular formula is C17H27N. The van der Waals surface area contributed by atoms with Gasteiger partial charge in [-0.05, 0) is 55.2 Å². The van der Waals surface area contributed by atoms with Crippen LogP contribution in [0, 0.1) is 12.3 Å². The Morgan fingerprint density at radius 1 is 1.28 bits per heavy atom. The van der Waals surface area contributed by atoms with Crippen LogP contribution in [0.25, 0.3) is 0 Å². The number of benzene rings is 1. The van der Waals surface area contributed by atoms with Crippen molar-refractivity contribution in [3.8, 4) is 0 Å². The van der Waals surface area contributed by atoms with E-state index in [9.17, 15) is 0 Å². The average Bonchev–Trinajstić information content (AvgIpc) is 2.38. The highest BCUT2D eigenvalue weighted by Gasteiger charge is 2.50. The number of aryl methyl sites for hydroxylation is 1. The summed E-state index contributed by atoms with van der Waals surface area (Å²) < 4.78 is 0. The largest absolute Gasteiger partial charge is 0.313 e. The monoisotopic (exact) mass is 245 g/mol. The zero-order chi connectivity index (χ0) is 13.2. The van der Waals surface area contributed by atoms with Gasteiger partial charge in [-0.1, -0.05) is 45.0 Å². The molecule has 0 aromatic heterocycles. The lowest BCUT2D eigenvalue weighted by molar-refractivity contribution is 0.0442. The van der Waals surface area contributed by atoms with Gasteiger partial charge in [0, 0.05) is 6.04 Å². The van der Waals surface area contributed by atoms with Crippen LogP contribution in [-0.4, -0.2) is 12.6 Å². The van der Waals surface area contributed by atoms with Crippen molar-refractivity contribution in [3.63, 3.8) is 0 Å². The van der Waals surface area contributed by atoms with Gasteiger partial charge < -0.3 is 5.32 Å². The van der Waals surface area contributed by atoms with Crippen LogP contribution in [0.1, 0.15) is 57.1 Å². The van der Waals surface area contributed by atoms with Crippen LogP contribution in [0.15, 0.2) is 24.3 Å². The summed E-state index contributed by atoms with van der Waals surface area (Å²) in [4.78, 5) is 0. The fraction of sp³-hybridized carbons (Fsp3) is 0.647. The highest BCUT2D eigenvalue weighted by molar-refractivity contribution is 5.34. The van der Waals surface area contributed by atoms with E-state index in [-0.39, 0.29) is 0 Å². The Morgan fingerprint density at radius 2 is 2.00 bits per heavy atom. The first-order valence-electron chi connectivity index (χ1n) is 7.42. The molecule has 1 heteroatoms. The normalized spacial score (nSPS) is 31.1. The zero-order valence-corrected chi connectivity index (χ0v) is 12.3. The predicted octanol–water partition coefficient (Wildman–Crippen LogP) is 4.27. The summed E-state index contributed by atoms with van der Waals surface area (Å²) in [6.45, 7) is 10.4. The second-order valence-electron chi connectivity index (χ2n) is 6.01. The van der Waals surface area contributed by atoms with E-state index in [2.05, 4.69) is 57.3 Å². The van der Waals surface area contributed by atoms with Gasteiger partial charge in [-0.15, -0.1) is 0 Å². The van der Waals surface area contributed by atoms with Crippen molar-refractivity contribution in [2.75, 3.05) is 6.54 Å². The van der Waals surface area contributed by atoms with E-state index in [4.69, 9.17) is 0 Å². The van der Waals surface area contributed by atoms with Crippen molar-refractivity contribution in [1.82, 2.24) is 5.32 Å². The Labute approximate surface area is 112 Å². The van der Waals surface area contributed by atoms with Crippen LogP contribution in [0.3, 0.4) is 0 Å². The Balaban J connectivity index is 2.15. The van der Waals surface area contributed by atoms with E-state index in [1.54, 1.807) is 5.56 Å². The summed E-state index contributed by atoms with van der Waals surface area (Å²) in [5, 5.41) is 3.73. The van der Waals surface area contributed by atoms with Crippen LogP contribution >= 0.6 is 0 Å². The number of hydrogen-bond acceptors (Lipinski definition) is 1. The van der Waals surface area contributed by atoms with Gasteiger partial charge in [0.1, 0.15) is 0 Å². The van der Waals surface area contributed by atoms with Gasteiger partial charge in [-0.3, -0.25) is 0 Å². The van der Waals surface area contributed by atoms with Crippen molar-refractivity contribution in [3.05, 3.63) is 35.4 Å². The molecule has 1 saturated carbocycles. The van der Waals surface area contributed by atoms with Crippen LogP contribution in [0.5, 0.6) is 0 Å². The third kappa shape index (κ3) is 2.21. The van der Waals surface area contributed by atoms with Gasteiger partial charge >= 0.3 is 0 Å². The van der Waals surface area contributed by atoms with Crippen molar-refractivity contribution in [1.29, 1.82) is 0 Å². The minimum Gasteiger partial charge on any atom is -0.313 e. The summed E-state index contributed by atoms with van der Waals surface area (Å²) in [5.74, 6) is 0.734. The smallest absolute Gasteiger partial charge is 0.0133 e. The summed E-state index contributed by atoms with van der Waals surface area (Å²) in [6.07, 6.45) is 3.79. The average molecular weight is 245 g/mol. The summed E-state index contributed by atoms with van der Waals surface area (Å²) in [5.41, 5.74) is 3.45. The molecule has 3 atom stereocenters. The first-order chi connectivity index (χ1) is 8.63. The molecule has 0 spiro atoms. The van der Waals surface area contributed by atoms with Gasteiger partial charge in [0.25, 0.3) is 0 Å². The second-order valence-corrected chi connectivity index (χ2v) is 6.01. The molecule has 0 amide bonds. The molecule has 0 heterocycles. The zero-order valence-electron chi connectivity index (χ0n) is 12.3. The van der Waals surface area contributed by atoms with Crippen molar-refractivity contribution in [2.45, 2.75) is 58.9 Å². The molecular weight excluding hydrogens is 218 g/mol. The van der Waals surface area contributed by atoms with E-state index in [0.717, 1.165) is 12.5 Å². The van der Waals surface area contributed by atoms with E-state index >= 15 is 0 Å². The van der Waals surface area contributed by atoms with Gasteiger partial charge in [-0.2, -0.15) is 0 Å². The minimum atomic E-state index is 0.432. The minimum absolute atomic E-state index is 0.432. The third-order valence-electron chi connectivity index (χ3n) is 5.03. The molecule has 18 heavy (non-hydrogen) atoms. The number of rotatable bonds is 5. The van der Waals surface area contributed by atoms with Crippen LogP contribution in [-0.2, 0) is 0 Å². The molecule has 3 unspecified atom stereocenters. The summed E-state index contributed by atoms with van der Waals surface area (Å²) in [7, 11) is 0. The topological polar surface area (TPSA) is 12.0 Å². The van der Waals surface area contributed by atoms with Crippen molar-refractivity contribution >= 4 is 0 Å². The van der Waals surface area contributed by atoms with Crippen LogP contribution < -0.4 is 5.32 Å². The van der Waals surface area contributed by atoms with E-state index < -0.39 is 0 Å². The molecule has 0 aliphatic heterocycles. The Kier molecular flexibility index (Phi) is 4.11. The fourth-order valence-corrected chi connectivity index (χ4v) is 3.44. The predicted molar refractivity (Wildman–Crippen MR) is 79.0 cm³/mol. The number of hydrogen-bond donors (Lipinski definition) is 1. The highest BCUT2D eigenvalue weighted by atomic mass is 15.0. The quantitative estimate of drug-likeness (QED) is 0.817. The van der Waals surface area contributed by atoms with E-state index in [0.29, 0.717) is 11.5 Å². The van der Waals surface area contributed by atoms with Crippen molar-refractivity contribution < 1.29 is 0 Å². The van der Waals surface area contributed by atoms with Crippen LogP contribution in [0.4, 0.5) is 0 Å². The molecule has 0 saturated heterocycles. The third-order valence-corrected chi connectivity index (χ3v) is 5.03. The second kappa shape index (κ2) is 5.44. The number of nitrogens with one attached hydrogen (secondary N) is 1. The molecule has 1 aliphatic rings. The lowest BCUT2D eigenvalue weighted by atomic mass is 9.53. The molecule has 2 rings (SSSR count). The first kappa shape index (κ1) is 13.6. The Bertz CT molecular complexity index is 398. The fourth-order valence-electron chi connectivity index (χ4n) is 3.44. The SMILES string of the molecule is CCCNC1CC(c2ccccc2C)C1(C)CC.